The molecule has 3 aromatic rings. The Morgan fingerprint density at radius 1 is 0.775 bits per heavy atom. The summed E-state index contributed by atoms with van der Waals surface area (Å²) < 4.78 is 95.1. The van der Waals surface area contributed by atoms with Gasteiger partial charge in [0.25, 0.3) is 0 Å². The number of halogens is 7. The minimum Gasteiger partial charge on any atom is -0.295 e. The molecule has 1 saturated heterocycles. The van der Waals surface area contributed by atoms with Crippen molar-refractivity contribution < 1.29 is 30.7 Å². The number of alkyl halides is 7. The van der Waals surface area contributed by atoms with E-state index >= 15 is 0 Å². The van der Waals surface area contributed by atoms with Gasteiger partial charge in [-0.15, -0.1) is 0 Å². The molecule has 0 amide bonds. The van der Waals surface area contributed by atoms with Gasteiger partial charge in [0.2, 0.25) is 0 Å². The van der Waals surface area contributed by atoms with Crippen LogP contribution in [0.1, 0.15) is 58.2 Å². The molecule has 0 spiro atoms. The third kappa shape index (κ3) is 6.02. The van der Waals surface area contributed by atoms with Crippen molar-refractivity contribution in [3.8, 4) is 0 Å². The van der Waals surface area contributed by atoms with E-state index in [-0.39, 0.29) is 18.3 Å². The summed E-state index contributed by atoms with van der Waals surface area (Å²) >= 11 is 0. The Labute approximate surface area is 228 Å². The lowest BCUT2D eigenvalue weighted by molar-refractivity contribution is -0.143. The highest BCUT2D eigenvalue weighted by Crippen LogP contribution is 2.45. The van der Waals surface area contributed by atoms with Crippen LogP contribution in [0.3, 0.4) is 0 Å². The molecule has 0 atom stereocenters. The highest BCUT2D eigenvalue weighted by atomic mass is 19.4. The Morgan fingerprint density at radius 2 is 1.50 bits per heavy atom. The van der Waals surface area contributed by atoms with Crippen LogP contribution in [0.2, 0.25) is 0 Å². The monoisotopic (exact) mass is 559 g/mol. The Hall–Kier alpha value is -3.39. The topological polar surface area (TPSA) is 3.24 Å². The lowest BCUT2D eigenvalue weighted by Crippen LogP contribution is -2.40. The first-order valence-corrected chi connectivity index (χ1v) is 13.2. The number of rotatable bonds is 6. The summed E-state index contributed by atoms with van der Waals surface area (Å²) in [7, 11) is 0. The van der Waals surface area contributed by atoms with Gasteiger partial charge in [-0.05, 0) is 82.4 Å². The molecular weight excluding hydrogens is 531 g/mol. The van der Waals surface area contributed by atoms with E-state index in [4.69, 9.17) is 0 Å². The van der Waals surface area contributed by atoms with E-state index < -0.39 is 23.5 Å². The van der Waals surface area contributed by atoms with Gasteiger partial charge in [0.15, 0.2) is 0 Å². The molecule has 0 saturated carbocycles. The quantitative estimate of drug-likeness (QED) is 0.272. The minimum absolute atomic E-state index is 0.221. The van der Waals surface area contributed by atoms with Crippen LogP contribution in [0, 0.1) is 0 Å². The maximum Gasteiger partial charge on any atom is 0.417 e. The Morgan fingerprint density at radius 3 is 2.17 bits per heavy atom. The fraction of sp³-hybridized carbons (Fsp3) is 0.312. The molecule has 210 valence electrons. The summed E-state index contributed by atoms with van der Waals surface area (Å²) in [6.07, 6.45) is -5.78. The van der Waals surface area contributed by atoms with Crippen LogP contribution < -0.4 is 0 Å². The first kappa shape index (κ1) is 28.1. The van der Waals surface area contributed by atoms with Crippen LogP contribution in [0.15, 0.2) is 72.3 Å². The third-order valence-electron chi connectivity index (χ3n) is 7.47. The van der Waals surface area contributed by atoms with Crippen molar-refractivity contribution in [3.63, 3.8) is 0 Å². The third-order valence-corrected chi connectivity index (χ3v) is 7.47. The largest absolute Gasteiger partial charge is 0.417 e. The zero-order chi connectivity index (χ0) is 28.5. The minimum atomic E-state index is -4.96. The van der Waals surface area contributed by atoms with E-state index in [9.17, 15) is 30.7 Å². The van der Waals surface area contributed by atoms with Gasteiger partial charge in [-0.25, -0.2) is 0 Å². The van der Waals surface area contributed by atoms with Crippen LogP contribution >= 0.6 is 0 Å². The molecule has 1 aliphatic carbocycles. The van der Waals surface area contributed by atoms with E-state index in [1.807, 2.05) is 48.5 Å². The molecule has 40 heavy (non-hydrogen) atoms. The molecule has 2 aliphatic rings. The molecule has 0 N–H and O–H groups in total. The van der Waals surface area contributed by atoms with Gasteiger partial charge in [-0.1, -0.05) is 60.7 Å². The lowest BCUT2D eigenvalue weighted by atomic mass is 9.85. The van der Waals surface area contributed by atoms with E-state index in [1.54, 1.807) is 0 Å². The predicted octanol–water partition coefficient (Wildman–Crippen LogP) is 9.08. The van der Waals surface area contributed by atoms with Crippen molar-refractivity contribution in [3.05, 3.63) is 111 Å². The number of hydrogen-bond acceptors (Lipinski definition) is 1. The zero-order valence-corrected chi connectivity index (χ0v) is 21.7. The molecule has 8 heteroatoms. The van der Waals surface area contributed by atoms with E-state index in [2.05, 4.69) is 11.0 Å². The van der Waals surface area contributed by atoms with E-state index in [0.29, 0.717) is 48.9 Å². The van der Waals surface area contributed by atoms with Crippen molar-refractivity contribution in [2.24, 2.45) is 0 Å². The molecule has 0 radical (unpaired) electrons. The summed E-state index contributed by atoms with van der Waals surface area (Å²) in [5.41, 5.74) is 2.81. The van der Waals surface area contributed by atoms with Crippen molar-refractivity contribution in [2.45, 2.75) is 38.0 Å². The summed E-state index contributed by atoms with van der Waals surface area (Å²) in [5.74, 6) is 0. The number of aryl methyl sites for hydroxylation is 1. The Balaban J connectivity index is 1.60. The van der Waals surface area contributed by atoms with Gasteiger partial charge in [-0.2, -0.15) is 26.3 Å². The summed E-state index contributed by atoms with van der Waals surface area (Å²) in [6, 6.07) is 17.0. The molecule has 1 fully saturated rings. The molecule has 3 aromatic carbocycles. The van der Waals surface area contributed by atoms with Crippen molar-refractivity contribution in [1.29, 1.82) is 0 Å². The SMILES string of the molecule is FCCCN1CC(=Cc2ccc(C3=C(c4ccc(C(F)(F)F)cc4C(F)(F)F)CCCc4ccccc43)cc2)C1. The van der Waals surface area contributed by atoms with Crippen LogP contribution in [0.5, 0.6) is 0 Å². The van der Waals surface area contributed by atoms with Crippen LogP contribution in [-0.4, -0.2) is 31.2 Å². The molecular formula is C32H28F7N. The molecule has 0 aromatic heterocycles. The fourth-order valence-corrected chi connectivity index (χ4v) is 5.59. The normalized spacial score (nSPS) is 16.4. The number of benzene rings is 3. The van der Waals surface area contributed by atoms with Crippen LogP contribution in [0.4, 0.5) is 30.7 Å². The van der Waals surface area contributed by atoms with Gasteiger partial charge in [-0.3, -0.25) is 9.29 Å². The second kappa shape index (κ2) is 11.2. The number of hydrogen-bond donors (Lipinski definition) is 0. The molecule has 1 nitrogen and oxygen atoms in total. The first-order chi connectivity index (χ1) is 19.0. The molecule has 0 bridgehead atoms. The zero-order valence-electron chi connectivity index (χ0n) is 21.7. The van der Waals surface area contributed by atoms with Crippen molar-refractivity contribution >= 4 is 17.2 Å². The average Bonchev–Trinajstić information content (AvgIpc) is 3.08. The van der Waals surface area contributed by atoms with Gasteiger partial charge >= 0.3 is 12.4 Å². The lowest BCUT2D eigenvalue weighted by Gasteiger charge is -2.33. The van der Waals surface area contributed by atoms with Crippen LogP contribution in [0.25, 0.3) is 17.2 Å². The first-order valence-electron chi connectivity index (χ1n) is 13.2. The molecule has 0 unspecified atom stereocenters. The highest BCUT2D eigenvalue weighted by molar-refractivity contribution is 6.00. The average molecular weight is 560 g/mol. The predicted molar refractivity (Wildman–Crippen MR) is 143 cm³/mol. The molecule has 5 rings (SSSR count). The number of allylic oxidation sites excluding steroid dienone is 1. The van der Waals surface area contributed by atoms with Crippen molar-refractivity contribution in [2.75, 3.05) is 26.3 Å². The number of fused-ring (bicyclic) bond motifs is 1. The van der Waals surface area contributed by atoms with Crippen molar-refractivity contribution in [1.82, 2.24) is 4.90 Å². The van der Waals surface area contributed by atoms with Gasteiger partial charge in [0, 0.05) is 19.6 Å². The van der Waals surface area contributed by atoms with Crippen LogP contribution in [-0.2, 0) is 18.8 Å². The number of nitrogens with zero attached hydrogens (tertiary/aromatic N) is 1. The smallest absolute Gasteiger partial charge is 0.295 e. The highest BCUT2D eigenvalue weighted by Gasteiger charge is 2.39. The Bertz CT molecular complexity index is 1420. The standard InChI is InChI=1S/C32H28F7N/c33-15-4-16-40-19-22(20-40)17-21-9-11-24(12-10-21)30-26-7-2-1-5-23(26)6-3-8-28(30)27-14-13-25(31(34,35)36)18-29(27)32(37,38)39/h1-2,5,7,9-14,17-18H,3-4,6,8,15-16,19-20H2. The summed E-state index contributed by atoms with van der Waals surface area (Å²) in [4.78, 5) is 2.15. The van der Waals surface area contributed by atoms with Gasteiger partial charge < -0.3 is 0 Å². The maximum absolute atomic E-state index is 14.2. The fourth-order valence-electron chi connectivity index (χ4n) is 5.59. The molecule has 1 heterocycles. The van der Waals surface area contributed by atoms with E-state index in [1.165, 1.54) is 5.57 Å². The van der Waals surface area contributed by atoms with Gasteiger partial charge in [0.1, 0.15) is 0 Å². The maximum atomic E-state index is 14.2. The second-order valence-electron chi connectivity index (χ2n) is 10.3. The number of likely N-dealkylation sites (tertiary alicyclic amines) is 1. The Kier molecular flexibility index (Phi) is 7.91. The molecule has 1 aliphatic heterocycles. The van der Waals surface area contributed by atoms with Gasteiger partial charge in [0.05, 0.1) is 17.8 Å². The summed E-state index contributed by atoms with van der Waals surface area (Å²) in [5, 5.41) is 0. The van der Waals surface area contributed by atoms with E-state index in [0.717, 1.165) is 41.9 Å². The second-order valence-corrected chi connectivity index (χ2v) is 10.3. The summed E-state index contributed by atoms with van der Waals surface area (Å²) in [6.45, 7) is 1.93.